The molecule has 3 amide bonds. The van der Waals surface area contributed by atoms with Gasteiger partial charge in [-0.25, -0.2) is 0 Å². The molecule has 1 aliphatic heterocycles. The minimum Gasteiger partial charge on any atom is -0.324 e. The maximum Gasteiger partial charge on any atom is 0.244 e. The number of benzene rings is 1. The molecule has 6 heteroatoms. The molecule has 118 valence electrons. The first kappa shape index (κ1) is 14.6. The van der Waals surface area contributed by atoms with E-state index in [9.17, 15) is 14.4 Å². The average molecular weight is 375 g/mol. The number of nitrogens with one attached hydrogen (secondary N) is 1. The Labute approximate surface area is 141 Å². The zero-order valence-corrected chi connectivity index (χ0v) is 13.8. The topological polar surface area (TPSA) is 66.5 Å². The molecule has 2 aliphatic carbocycles. The van der Waals surface area contributed by atoms with Crippen LogP contribution in [0.2, 0.25) is 0 Å². The lowest BCUT2D eigenvalue weighted by Crippen LogP contribution is -2.39. The van der Waals surface area contributed by atoms with Gasteiger partial charge in [-0.05, 0) is 46.3 Å². The molecule has 0 spiro atoms. The summed E-state index contributed by atoms with van der Waals surface area (Å²) in [6, 6.07) is 7.22. The lowest BCUT2D eigenvalue weighted by atomic mass is 9.85. The van der Waals surface area contributed by atoms with Crippen molar-refractivity contribution in [3.8, 4) is 0 Å². The van der Waals surface area contributed by atoms with E-state index in [-0.39, 0.29) is 47.9 Å². The van der Waals surface area contributed by atoms with Gasteiger partial charge in [-0.15, -0.1) is 0 Å². The normalized spacial score (nSPS) is 30.9. The quantitative estimate of drug-likeness (QED) is 0.651. The van der Waals surface area contributed by atoms with Gasteiger partial charge in [0.1, 0.15) is 6.54 Å². The molecular formula is C17H15BrN2O3. The maximum atomic E-state index is 12.5. The Balaban J connectivity index is 1.48. The number of nitrogens with zero attached hydrogens (tertiary/aromatic N) is 1. The summed E-state index contributed by atoms with van der Waals surface area (Å²) in [6.45, 7) is -0.217. The van der Waals surface area contributed by atoms with Crippen molar-refractivity contribution in [2.24, 2.45) is 23.7 Å². The summed E-state index contributed by atoms with van der Waals surface area (Å²) in [5.41, 5.74) is 0.624. The van der Waals surface area contributed by atoms with Crippen LogP contribution in [0.1, 0.15) is 6.42 Å². The van der Waals surface area contributed by atoms with Crippen molar-refractivity contribution in [2.75, 3.05) is 11.9 Å². The number of likely N-dealkylation sites (tertiary alicyclic amines) is 1. The Kier molecular flexibility index (Phi) is 3.37. The summed E-state index contributed by atoms with van der Waals surface area (Å²) in [5, 5.41) is 2.73. The third-order valence-corrected chi connectivity index (χ3v) is 5.70. The molecule has 1 aromatic carbocycles. The van der Waals surface area contributed by atoms with Crippen molar-refractivity contribution in [1.29, 1.82) is 0 Å². The Morgan fingerprint density at radius 3 is 2.35 bits per heavy atom. The fraction of sp³-hybridized carbons (Fsp3) is 0.353. The van der Waals surface area contributed by atoms with Crippen molar-refractivity contribution >= 4 is 39.3 Å². The van der Waals surface area contributed by atoms with E-state index in [4.69, 9.17) is 0 Å². The average Bonchev–Trinajstić information content (AvgIpc) is 3.19. The third-order valence-electron chi connectivity index (χ3n) is 5.01. The van der Waals surface area contributed by atoms with E-state index in [1.807, 2.05) is 24.3 Å². The molecule has 1 saturated heterocycles. The van der Waals surface area contributed by atoms with Crippen LogP contribution in [0.25, 0.3) is 0 Å². The molecule has 1 heterocycles. The molecular weight excluding hydrogens is 360 g/mol. The van der Waals surface area contributed by atoms with Gasteiger partial charge in [0.2, 0.25) is 17.7 Å². The van der Waals surface area contributed by atoms with Gasteiger partial charge in [0.25, 0.3) is 0 Å². The van der Waals surface area contributed by atoms with E-state index < -0.39 is 0 Å². The van der Waals surface area contributed by atoms with Crippen molar-refractivity contribution in [3.05, 3.63) is 40.9 Å². The molecule has 23 heavy (non-hydrogen) atoms. The minimum absolute atomic E-state index is 0.165. The lowest BCUT2D eigenvalue weighted by molar-refractivity contribution is -0.143. The SMILES string of the molecule is O=C(CN1C(=O)[C@H]2[C@H](C1=O)[C@H]1C=C[C@H]2C1)Nc1ccccc1Br. The molecule has 2 bridgehead atoms. The Bertz CT molecular complexity index is 715. The van der Waals surface area contributed by atoms with Crippen LogP contribution in [0.5, 0.6) is 0 Å². The number of carbonyl (C=O) groups excluding carboxylic acids is 3. The molecule has 2 fully saturated rings. The highest BCUT2D eigenvalue weighted by molar-refractivity contribution is 9.10. The largest absolute Gasteiger partial charge is 0.324 e. The number of carbonyl (C=O) groups is 3. The summed E-state index contributed by atoms with van der Waals surface area (Å²) in [6.07, 6.45) is 4.98. The van der Waals surface area contributed by atoms with Gasteiger partial charge in [0.15, 0.2) is 0 Å². The zero-order valence-electron chi connectivity index (χ0n) is 12.2. The van der Waals surface area contributed by atoms with Crippen molar-refractivity contribution in [2.45, 2.75) is 6.42 Å². The molecule has 4 atom stereocenters. The van der Waals surface area contributed by atoms with Gasteiger partial charge in [0, 0.05) is 4.47 Å². The van der Waals surface area contributed by atoms with E-state index in [2.05, 4.69) is 21.2 Å². The smallest absolute Gasteiger partial charge is 0.244 e. The fourth-order valence-corrected chi connectivity index (χ4v) is 4.40. The first-order valence-electron chi connectivity index (χ1n) is 7.64. The molecule has 1 aromatic rings. The number of allylic oxidation sites excluding steroid dienone is 2. The standard InChI is InChI=1S/C17H15BrN2O3/c18-11-3-1-2-4-12(11)19-13(21)8-20-16(22)14-9-5-6-10(7-9)15(14)17(20)23/h1-6,9-10,14-15H,7-8H2,(H,19,21)/t9-,10-,14+,15+/m0/s1. The number of hydrogen-bond acceptors (Lipinski definition) is 3. The Morgan fingerprint density at radius 1 is 1.13 bits per heavy atom. The molecule has 4 rings (SSSR count). The lowest BCUT2D eigenvalue weighted by Gasteiger charge is -2.17. The molecule has 1 saturated carbocycles. The van der Waals surface area contributed by atoms with E-state index in [0.717, 1.165) is 15.8 Å². The van der Waals surface area contributed by atoms with E-state index >= 15 is 0 Å². The summed E-state index contributed by atoms with van der Waals surface area (Å²) in [4.78, 5) is 38.4. The first-order valence-corrected chi connectivity index (χ1v) is 8.43. The second kappa shape index (κ2) is 5.30. The number of hydrogen-bond donors (Lipinski definition) is 1. The van der Waals surface area contributed by atoms with E-state index in [0.29, 0.717) is 5.69 Å². The number of anilines is 1. The summed E-state index contributed by atoms with van der Waals surface area (Å²) >= 11 is 3.35. The molecule has 1 N–H and O–H groups in total. The number of fused-ring (bicyclic) bond motifs is 5. The maximum absolute atomic E-state index is 12.5. The molecule has 5 nitrogen and oxygen atoms in total. The third kappa shape index (κ3) is 2.24. The predicted octanol–water partition coefficient (Wildman–Crippen LogP) is 2.19. The van der Waals surface area contributed by atoms with Crippen LogP contribution >= 0.6 is 15.9 Å². The Morgan fingerprint density at radius 2 is 1.74 bits per heavy atom. The minimum atomic E-state index is -0.362. The number of amides is 3. The van der Waals surface area contributed by atoms with Crippen LogP contribution in [-0.2, 0) is 14.4 Å². The van der Waals surface area contributed by atoms with Gasteiger partial charge < -0.3 is 5.32 Å². The van der Waals surface area contributed by atoms with Crippen LogP contribution in [0.15, 0.2) is 40.9 Å². The molecule has 0 aromatic heterocycles. The number of halogens is 1. The van der Waals surface area contributed by atoms with Gasteiger partial charge in [-0.3, -0.25) is 19.3 Å². The van der Waals surface area contributed by atoms with E-state index in [1.165, 1.54) is 0 Å². The molecule has 0 radical (unpaired) electrons. The zero-order chi connectivity index (χ0) is 16.1. The van der Waals surface area contributed by atoms with Gasteiger partial charge in [0.05, 0.1) is 17.5 Å². The predicted molar refractivity (Wildman–Crippen MR) is 87.2 cm³/mol. The number of imide groups is 1. The van der Waals surface area contributed by atoms with Crippen LogP contribution in [0.3, 0.4) is 0 Å². The van der Waals surface area contributed by atoms with Gasteiger partial charge in [-0.2, -0.15) is 0 Å². The first-order chi connectivity index (χ1) is 11.1. The summed E-state index contributed by atoms with van der Waals surface area (Å²) < 4.78 is 0.756. The number of rotatable bonds is 3. The van der Waals surface area contributed by atoms with Crippen molar-refractivity contribution in [1.82, 2.24) is 4.90 Å². The highest BCUT2D eigenvalue weighted by Gasteiger charge is 2.59. The van der Waals surface area contributed by atoms with Crippen LogP contribution in [0.4, 0.5) is 5.69 Å². The highest BCUT2D eigenvalue weighted by atomic mass is 79.9. The number of para-hydroxylation sites is 1. The highest BCUT2D eigenvalue weighted by Crippen LogP contribution is 2.52. The second-order valence-corrected chi connectivity index (χ2v) is 7.14. The monoisotopic (exact) mass is 374 g/mol. The molecule has 3 aliphatic rings. The fourth-order valence-electron chi connectivity index (χ4n) is 4.02. The van der Waals surface area contributed by atoms with Gasteiger partial charge >= 0.3 is 0 Å². The Hall–Kier alpha value is -1.95. The van der Waals surface area contributed by atoms with E-state index in [1.54, 1.807) is 12.1 Å². The van der Waals surface area contributed by atoms with Gasteiger partial charge in [-0.1, -0.05) is 24.3 Å². The van der Waals surface area contributed by atoms with Crippen molar-refractivity contribution < 1.29 is 14.4 Å². The second-order valence-electron chi connectivity index (χ2n) is 6.29. The molecule has 0 unspecified atom stereocenters. The summed E-state index contributed by atoms with van der Waals surface area (Å²) in [7, 11) is 0. The van der Waals surface area contributed by atoms with Crippen LogP contribution < -0.4 is 5.32 Å². The van der Waals surface area contributed by atoms with Crippen LogP contribution in [0, 0.1) is 23.7 Å². The summed E-state index contributed by atoms with van der Waals surface area (Å²) in [5.74, 6) is -0.935. The van der Waals surface area contributed by atoms with Crippen LogP contribution in [-0.4, -0.2) is 29.2 Å². The van der Waals surface area contributed by atoms with Crippen molar-refractivity contribution in [3.63, 3.8) is 0 Å².